The molecule has 9 nitrogen and oxygen atoms in total. The van der Waals surface area contributed by atoms with Gasteiger partial charge in [-0.2, -0.15) is 0 Å². The van der Waals surface area contributed by atoms with Crippen LogP contribution in [0.2, 0.25) is 5.02 Å². The van der Waals surface area contributed by atoms with Crippen LogP contribution in [0.3, 0.4) is 0 Å². The van der Waals surface area contributed by atoms with Gasteiger partial charge in [-0.05, 0) is 24.3 Å². The number of morpholine rings is 1. The van der Waals surface area contributed by atoms with Crippen LogP contribution in [0.4, 0.5) is 5.69 Å². The lowest BCUT2D eigenvalue weighted by molar-refractivity contribution is -0.149. The van der Waals surface area contributed by atoms with Gasteiger partial charge in [-0.1, -0.05) is 11.6 Å². The first-order valence-corrected chi connectivity index (χ1v) is 10.6. The fourth-order valence-corrected chi connectivity index (χ4v) is 4.71. The van der Waals surface area contributed by atoms with Crippen molar-refractivity contribution < 1.29 is 27.4 Å². The molecule has 0 bridgehead atoms. The molecule has 0 aliphatic carbocycles. The predicted molar refractivity (Wildman–Crippen MR) is 104 cm³/mol. The molecule has 0 unspecified atom stereocenters. The van der Waals surface area contributed by atoms with E-state index in [0.29, 0.717) is 18.1 Å². The van der Waals surface area contributed by atoms with E-state index in [4.69, 9.17) is 25.8 Å². The van der Waals surface area contributed by atoms with Crippen molar-refractivity contribution in [2.24, 2.45) is 0 Å². The molecule has 11 heteroatoms. The van der Waals surface area contributed by atoms with Crippen LogP contribution in [-0.2, 0) is 26.1 Å². The Kier molecular flexibility index (Phi) is 5.24. The van der Waals surface area contributed by atoms with Gasteiger partial charge in [-0.3, -0.25) is 9.52 Å². The minimum atomic E-state index is -3.99. The first-order valence-electron chi connectivity index (χ1n) is 8.72. The highest BCUT2D eigenvalue weighted by Crippen LogP contribution is 2.31. The molecule has 1 amide bonds. The summed E-state index contributed by atoms with van der Waals surface area (Å²) in [6.07, 6.45) is 1.36. The number of aromatic nitrogens is 1. The Balaban J connectivity index is 1.63. The highest BCUT2D eigenvalue weighted by Gasteiger charge is 2.33. The second kappa shape index (κ2) is 7.69. The lowest BCUT2D eigenvalue weighted by Gasteiger charge is -2.32. The van der Waals surface area contributed by atoms with E-state index >= 15 is 0 Å². The average Bonchev–Trinajstić information content (AvgIpc) is 2.88. The molecule has 2 aliphatic heterocycles. The third-order valence-corrected chi connectivity index (χ3v) is 6.28. The fraction of sp³-hybridized carbons (Fsp3) is 0.333. The normalized spacial score (nSPS) is 18.9. The monoisotopic (exact) mass is 439 g/mol. The largest absolute Gasteiger partial charge is 0.495 e. The molecule has 154 valence electrons. The van der Waals surface area contributed by atoms with Gasteiger partial charge in [0.05, 0.1) is 38.2 Å². The Morgan fingerprint density at radius 3 is 2.93 bits per heavy atom. The molecule has 0 radical (unpaired) electrons. The Hall–Kier alpha value is -2.56. The maximum atomic E-state index is 12.9. The van der Waals surface area contributed by atoms with Gasteiger partial charge in [0, 0.05) is 10.6 Å². The number of sulfonamides is 1. The molecule has 29 heavy (non-hydrogen) atoms. The van der Waals surface area contributed by atoms with Crippen LogP contribution in [0.1, 0.15) is 5.56 Å². The molecular formula is C18H18ClN3O6S. The Bertz CT molecular complexity index is 1060. The van der Waals surface area contributed by atoms with Crippen LogP contribution < -0.4 is 14.2 Å². The van der Waals surface area contributed by atoms with Crippen molar-refractivity contribution in [3.63, 3.8) is 0 Å². The van der Waals surface area contributed by atoms with E-state index < -0.39 is 10.0 Å². The number of ether oxygens (including phenoxy) is 3. The summed E-state index contributed by atoms with van der Waals surface area (Å²) in [7, 11) is -2.61. The molecule has 1 aromatic carbocycles. The molecule has 1 aromatic heterocycles. The van der Waals surface area contributed by atoms with E-state index in [9.17, 15) is 13.2 Å². The van der Waals surface area contributed by atoms with Crippen LogP contribution in [-0.4, -0.2) is 57.2 Å². The summed E-state index contributed by atoms with van der Waals surface area (Å²) >= 11 is 5.95. The summed E-state index contributed by atoms with van der Waals surface area (Å²) in [4.78, 5) is 18.0. The number of benzene rings is 1. The van der Waals surface area contributed by atoms with Crippen molar-refractivity contribution in [2.75, 3.05) is 31.7 Å². The van der Waals surface area contributed by atoms with Gasteiger partial charge in [0.1, 0.15) is 23.9 Å². The van der Waals surface area contributed by atoms with E-state index in [0.717, 1.165) is 0 Å². The van der Waals surface area contributed by atoms with Crippen molar-refractivity contribution in [2.45, 2.75) is 17.5 Å². The summed E-state index contributed by atoms with van der Waals surface area (Å²) in [5.74, 6) is 0.373. The number of carbonyl (C=O) groups excluding carboxylic acids is 1. The van der Waals surface area contributed by atoms with Gasteiger partial charge in [-0.15, -0.1) is 0 Å². The number of methoxy groups -OCH3 is 1. The van der Waals surface area contributed by atoms with Gasteiger partial charge in [0.25, 0.3) is 10.0 Å². The average molecular weight is 440 g/mol. The zero-order valence-corrected chi connectivity index (χ0v) is 17.0. The number of rotatable bonds is 4. The lowest BCUT2D eigenvalue weighted by atomic mass is 10.2. The number of carbonyl (C=O) groups is 1. The smallest absolute Gasteiger partial charge is 0.265 e. The van der Waals surface area contributed by atoms with Crippen LogP contribution in [0, 0.1) is 0 Å². The summed E-state index contributed by atoms with van der Waals surface area (Å²) < 4.78 is 44.3. The summed E-state index contributed by atoms with van der Waals surface area (Å²) in [6.45, 7) is 0.912. The summed E-state index contributed by atoms with van der Waals surface area (Å²) in [5.41, 5.74) is 0.828. The van der Waals surface area contributed by atoms with Crippen molar-refractivity contribution >= 4 is 33.2 Å². The molecule has 1 fully saturated rings. The molecule has 1 atom stereocenters. The highest BCUT2D eigenvalue weighted by molar-refractivity contribution is 7.92. The number of nitrogens with one attached hydrogen (secondary N) is 1. The van der Waals surface area contributed by atoms with Gasteiger partial charge >= 0.3 is 0 Å². The van der Waals surface area contributed by atoms with E-state index in [2.05, 4.69) is 9.71 Å². The summed E-state index contributed by atoms with van der Waals surface area (Å²) in [6, 6.07) is 5.71. The van der Waals surface area contributed by atoms with Crippen molar-refractivity contribution in [1.82, 2.24) is 9.88 Å². The zero-order chi connectivity index (χ0) is 20.6. The molecule has 2 aromatic rings. The van der Waals surface area contributed by atoms with Gasteiger partial charge in [-0.25, -0.2) is 13.4 Å². The first-order chi connectivity index (χ1) is 13.9. The number of nitrogens with zero attached hydrogens (tertiary/aromatic N) is 2. The zero-order valence-electron chi connectivity index (χ0n) is 15.4. The fourth-order valence-electron chi connectivity index (χ4n) is 3.24. The predicted octanol–water partition coefficient (Wildman–Crippen LogP) is 1.66. The van der Waals surface area contributed by atoms with E-state index in [1.165, 1.54) is 31.5 Å². The molecule has 0 spiro atoms. The van der Waals surface area contributed by atoms with Crippen LogP contribution in [0.5, 0.6) is 11.6 Å². The number of fused-ring (bicyclic) bond motifs is 2. The third-order valence-electron chi connectivity index (χ3n) is 4.64. The Labute approximate surface area is 172 Å². The number of amides is 1. The molecule has 2 aliphatic rings. The topological polar surface area (TPSA) is 107 Å². The van der Waals surface area contributed by atoms with Crippen molar-refractivity contribution in [1.29, 1.82) is 0 Å². The maximum absolute atomic E-state index is 12.9. The Morgan fingerprint density at radius 2 is 2.14 bits per heavy atom. The molecular weight excluding hydrogens is 422 g/mol. The first kappa shape index (κ1) is 19.7. The van der Waals surface area contributed by atoms with E-state index in [1.54, 1.807) is 11.0 Å². The van der Waals surface area contributed by atoms with Crippen LogP contribution in [0.25, 0.3) is 0 Å². The van der Waals surface area contributed by atoms with Crippen LogP contribution >= 0.6 is 11.6 Å². The highest BCUT2D eigenvalue weighted by atomic mass is 35.5. The molecule has 3 heterocycles. The molecule has 4 rings (SSSR count). The molecule has 1 saturated heterocycles. The standard InChI is InChI=1S/C18H18ClN3O6S/c1-26-15-3-2-12(19)5-16(15)29(24,25)21-13-4-11-7-22-14(8-27-10-17(22)23)9-28-18(11)20-6-13/h2-6,14,21H,7-10H2,1H3/t14-/m0/s1. The van der Waals surface area contributed by atoms with E-state index in [-0.39, 0.29) is 53.1 Å². The van der Waals surface area contributed by atoms with Crippen molar-refractivity contribution in [3.8, 4) is 11.6 Å². The number of hydrogen-bond donors (Lipinski definition) is 1. The molecule has 1 N–H and O–H groups in total. The maximum Gasteiger partial charge on any atom is 0.265 e. The minimum Gasteiger partial charge on any atom is -0.495 e. The van der Waals surface area contributed by atoms with Crippen LogP contribution in [0.15, 0.2) is 35.4 Å². The van der Waals surface area contributed by atoms with E-state index in [1.807, 2.05) is 0 Å². The lowest BCUT2D eigenvalue weighted by Crippen LogP contribution is -2.50. The van der Waals surface area contributed by atoms with Gasteiger partial charge in [0.2, 0.25) is 11.8 Å². The van der Waals surface area contributed by atoms with Gasteiger partial charge in [0.15, 0.2) is 0 Å². The minimum absolute atomic E-state index is 0.0140. The molecule has 0 saturated carbocycles. The van der Waals surface area contributed by atoms with Crippen molar-refractivity contribution in [3.05, 3.63) is 41.0 Å². The second-order valence-corrected chi connectivity index (χ2v) is 8.68. The number of hydrogen-bond acceptors (Lipinski definition) is 7. The third kappa shape index (κ3) is 3.96. The SMILES string of the molecule is COc1ccc(Cl)cc1S(=O)(=O)Nc1cnc2c(c1)CN1C(=O)COC[C@H]1CO2. The van der Waals surface area contributed by atoms with Gasteiger partial charge < -0.3 is 19.1 Å². The number of anilines is 1. The number of pyridine rings is 1. The quantitative estimate of drug-likeness (QED) is 0.772. The summed E-state index contributed by atoms with van der Waals surface area (Å²) in [5, 5.41) is 0.261. The Morgan fingerprint density at radius 1 is 1.31 bits per heavy atom. The second-order valence-electron chi connectivity index (χ2n) is 6.59. The number of halogens is 1.